The van der Waals surface area contributed by atoms with Gasteiger partial charge in [-0.15, -0.1) is 0 Å². The Morgan fingerprint density at radius 3 is 2.33 bits per heavy atom. The number of nitrogens with one attached hydrogen (secondary N) is 1. The highest BCUT2D eigenvalue weighted by molar-refractivity contribution is 5.89. The summed E-state index contributed by atoms with van der Waals surface area (Å²) in [6.07, 6.45) is 7.89. The quantitative estimate of drug-likeness (QED) is 0.919. The number of piperidine rings is 1. The Labute approximate surface area is 142 Å². The molecule has 7 nitrogen and oxygen atoms in total. The molecule has 0 aliphatic carbocycles. The number of aromatic nitrogens is 2. The summed E-state index contributed by atoms with van der Waals surface area (Å²) in [5.74, 6) is 1.36. The summed E-state index contributed by atoms with van der Waals surface area (Å²) in [4.78, 5) is 36.4. The molecule has 0 atom stereocenters. The van der Waals surface area contributed by atoms with E-state index < -0.39 is 0 Å². The van der Waals surface area contributed by atoms with Crippen molar-refractivity contribution in [2.24, 2.45) is 5.92 Å². The van der Waals surface area contributed by atoms with Crippen molar-refractivity contribution < 1.29 is 9.59 Å². The Morgan fingerprint density at radius 2 is 1.71 bits per heavy atom. The molecule has 0 aromatic carbocycles. The van der Waals surface area contributed by atoms with Gasteiger partial charge < -0.3 is 15.1 Å². The number of aryl methyl sites for hydroxylation is 1. The molecule has 0 bridgehead atoms. The molecular formula is C17H25N5O2. The smallest absolute Gasteiger partial charge is 0.321 e. The molecule has 3 heterocycles. The van der Waals surface area contributed by atoms with Crippen molar-refractivity contribution in [1.82, 2.24) is 19.8 Å². The van der Waals surface area contributed by atoms with Crippen molar-refractivity contribution in [2.45, 2.75) is 39.0 Å². The second-order valence-corrected chi connectivity index (χ2v) is 6.67. The molecule has 0 saturated carbocycles. The van der Waals surface area contributed by atoms with Crippen molar-refractivity contribution >= 4 is 17.6 Å². The molecule has 1 N–H and O–H groups in total. The highest BCUT2D eigenvalue weighted by Gasteiger charge is 2.27. The molecule has 2 saturated heterocycles. The van der Waals surface area contributed by atoms with E-state index in [1.165, 1.54) is 0 Å². The maximum Gasteiger partial charge on any atom is 0.321 e. The van der Waals surface area contributed by atoms with Gasteiger partial charge in [-0.1, -0.05) is 0 Å². The van der Waals surface area contributed by atoms with Crippen LogP contribution in [0.4, 0.5) is 10.5 Å². The Balaban J connectivity index is 1.43. The van der Waals surface area contributed by atoms with Gasteiger partial charge >= 0.3 is 6.03 Å². The summed E-state index contributed by atoms with van der Waals surface area (Å²) in [5, 5.41) is 2.83. The van der Waals surface area contributed by atoms with Gasteiger partial charge in [0.05, 0.1) is 18.1 Å². The van der Waals surface area contributed by atoms with Crippen LogP contribution in [0.1, 0.15) is 37.9 Å². The van der Waals surface area contributed by atoms with Crippen LogP contribution in [-0.2, 0) is 4.79 Å². The van der Waals surface area contributed by atoms with E-state index in [0.29, 0.717) is 36.9 Å². The monoisotopic (exact) mass is 331 g/mol. The molecule has 2 fully saturated rings. The predicted molar refractivity (Wildman–Crippen MR) is 90.5 cm³/mol. The molecule has 0 spiro atoms. The summed E-state index contributed by atoms with van der Waals surface area (Å²) in [5.41, 5.74) is 0.608. The number of amides is 3. The first-order valence-electron chi connectivity index (χ1n) is 8.74. The summed E-state index contributed by atoms with van der Waals surface area (Å²) in [6.45, 7) is 5.02. The average Bonchev–Trinajstić information content (AvgIpc) is 3.12. The van der Waals surface area contributed by atoms with E-state index in [2.05, 4.69) is 15.3 Å². The van der Waals surface area contributed by atoms with Crippen LogP contribution in [0.25, 0.3) is 0 Å². The van der Waals surface area contributed by atoms with Crippen LogP contribution in [0.3, 0.4) is 0 Å². The van der Waals surface area contributed by atoms with Gasteiger partial charge in [-0.25, -0.2) is 14.8 Å². The summed E-state index contributed by atoms with van der Waals surface area (Å²) < 4.78 is 0. The molecule has 130 valence electrons. The zero-order valence-corrected chi connectivity index (χ0v) is 14.2. The average molecular weight is 331 g/mol. The summed E-state index contributed by atoms with van der Waals surface area (Å²) in [6, 6.07) is -0.119. The highest BCUT2D eigenvalue weighted by atomic mass is 16.2. The van der Waals surface area contributed by atoms with Crippen molar-refractivity contribution in [2.75, 3.05) is 31.5 Å². The largest absolute Gasteiger partial charge is 0.343 e. The lowest BCUT2D eigenvalue weighted by atomic mass is 9.93. The van der Waals surface area contributed by atoms with E-state index in [1.807, 2.05) is 4.90 Å². The van der Waals surface area contributed by atoms with Crippen LogP contribution in [0.2, 0.25) is 0 Å². The first-order chi connectivity index (χ1) is 11.6. The lowest BCUT2D eigenvalue weighted by Crippen LogP contribution is -2.42. The minimum atomic E-state index is -0.119. The van der Waals surface area contributed by atoms with Gasteiger partial charge in [0.25, 0.3) is 0 Å². The molecule has 0 radical (unpaired) electrons. The lowest BCUT2D eigenvalue weighted by Gasteiger charge is -2.32. The number of hydrogen-bond donors (Lipinski definition) is 1. The van der Waals surface area contributed by atoms with Crippen LogP contribution in [0.5, 0.6) is 0 Å². The first kappa shape index (κ1) is 16.7. The first-order valence-corrected chi connectivity index (χ1v) is 8.74. The summed E-state index contributed by atoms with van der Waals surface area (Å²) in [7, 11) is 0. The summed E-state index contributed by atoms with van der Waals surface area (Å²) >= 11 is 0. The number of nitrogens with zero attached hydrogens (tertiary/aromatic N) is 4. The Kier molecular flexibility index (Phi) is 5.27. The molecular weight excluding hydrogens is 306 g/mol. The number of anilines is 1. The molecule has 1 aromatic rings. The van der Waals surface area contributed by atoms with Crippen molar-refractivity contribution in [3.63, 3.8) is 0 Å². The van der Waals surface area contributed by atoms with Gasteiger partial charge in [0, 0.05) is 32.6 Å². The zero-order valence-electron chi connectivity index (χ0n) is 14.2. The maximum absolute atomic E-state index is 12.3. The van der Waals surface area contributed by atoms with Crippen molar-refractivity contribution in [3.05, 3.63) is 18.2 Å². The maximum atomic E-state index is 12.3. The number of likely N-dealkylation sites (tertiary alicyclic amines) is 2. The Bertz CT molecular complexity index is 575. The topological polar surface area (TPSA) is 78.4 Å². The molecule has 24 heavy (non-hydrogen) atoms. The third-order valence-electron chi connectivity index (χ3n) is 4.86. The van der Waals surface area contributed by atoms with E-state index in [1.54, 1.807) is 24.2 Å². The molecule has 3 rings (SSSR count). The third-order valence-corrected chi connectivity index (χ3v) is 4.86. The number of carbonyl (C=O) groups excluding carboxylic acids is 2. The SMILES string of the molecule is Cc1ncc(NC(=O)N2CCC(CC(=O)N3CCCC3)CC2)cn1. The van der Waals surface area contributed by atoms with Crippen LogP contribution in [0.15, 0.2) is 12.4 Å². The second-order valence-electron chi connectivity index (χ2n) is 6.67. The Morgan fingerprint density at radius 1 is 1.08 bits per heavy atom. The van der Waals surface area contributed by atoms with Crippen LogP contribution < -0.4 is 5.32 Å². The predicted octanol–water partition coefficient (Wildman–Crippen LogP) is 2.04. The highest BCUT2D eigenvalue weighted by Crippen LogP contribution is 2.23. The van der Waals surface area contributed by atoms with E-state index in [-0.39, 0.29) is 11.9 Å². The molecule has 7 heteroatoms. The second kappa shape index (κ2) is 7.59. The minimum absolute atomic E-state index is 0.119. The van der Waals surface area contributed by atoms with Crippen LogP contribution >= 0.6 is 0 Å². The third kappa shape index (κ3) is 4.21. The molecule has 0 unspecified atom stereocenters. The number of carbonyl (C=O) groups is 2. The van der Waals surface area contributed by atoms with Crippen LogP contribution in [-0.4, -0.2) is 57.9 Å². The normalized spacial score (nSPS) is 18.7. The van der Waals surface area contributed by atoms with E-state index in [4.69, 9.17) is 0 Å². The van der Waals surface area contributed by atoms with Crippen molar-refractivity contribution in [3.8, 4) is 0 Å². The van der Waals surface area contributed by atoms with E-state index in [9.17, 15) is 9.59 Å². The molecule has 2 aliphatic rings. The van der Waals surface area contributed by atoms with Gasteiger partial charge in [0.15, 0.2) is 0 Å². The standard InChI is InChI=1S/C17H25N5O2/c1-13-18-11-15(12-19-13)20-17(24)22-8-4-14(5-9-22)10-16(23)21-6-2-3-7-21/h11-12,14H,2-10H2,1H3,(H,20,24). The van der Waals surface area contributed by atoms with Gasteiger partial charge in [-0.05, 0) is 38.5 Å². The fourth-order valence-corrected chi connectivity index (χ4v) is 3.34. The minimum Gasteiger partial charge on any atom is -0.343 e. The van der Waals surface area contributed by atoms with E-state index >= 15 is 0 Å². The number of hydrogen-bond acceptors (Lipinski definition) is 4. The fraction of sp³-hybridized carbons (Fsp3) is 0.647. The van der Waals surface area contributed by atoms with Gasteiger partial charge in [-0.3, -0.25) is 4.79 Å². The van der Waals surface area contributed by atoms with Gasteiger partial charge in [0.1, 0.15) is 5.82 Å². The Hall–Kier alpha value is -2.18. The van der Waals surface area contributed by atoms with Crippen molar-refractivity contribution in [1.29, 1.82) is 0 Å². The van der Waals surface area contributed by atoms with Gasteiger partial charge in [-0.2, -0.15) is 0 Å². The molecule has 1 aromatic heterocycles. The number of rotatable bonds is 3. The lowest BCUT2D eigenvalue weighted by molar-refractivity contribution is -0.131. The number of urea groups is 1. The fourth-order valence-electron chi connectivity index (χ4n) is 3.34. The molecule has 2 aliphatic heterocycles. The zero-order chi connectivity index (χ0) is 16.9. The molecule has 3 amide bonds. The van der Waals surface area contributed by atoms with Gasteiger partial charge in [0.2, 0.25) is 5.91 Å². The van der Waals surface area contributed by atoms with Crippen LogP contribution in [0, 0.1) is 12.8 Å². The van der Waals surface area contributed by atoms with E-state index in [0.717, 1.165) is 38.8 Å².